The fourth-order valence-electron chi connectivity index (χ4n) is 4.21. The monoisotopic (exact) mass is 397 g/mol. The molecule has 1 unspecified atom stereocenters. The summed E-state index contributed by atoms with van der Waals surface area (Å²) in [5.41, 5.74) is 2.42. The molecular weight excluding hydrogens is 378 g/mol. The summed E-state index contributed by atoms with van der Waals surface area (Å²) in [5, 5.41) is 18.2. The second kappa shape index (κ2) is 6.84. The summed E-state index contributed by atoms with van der Waals surface area (Å²) in [6.45, 7) is 0. The van der Waals surface area contributed by atoms with E-state index in [1.165, 1.54) is 0 Å². The predicted molar refractivity (Wildman–Crippen MR) is 113 cm³/mol. The molecule has 3 aromatic carbocycles. The number of aryl methyl sites for hydroxylation is 1. The molecule has 1 aliphatic carbocycles. The van der Waals surface area contributed by atoms with E-state index in [4.69, 9.17) is 0 Å². The summed E-state index contributed by atoms with van der Waals surface area (Å²) in [5.74, 6) is -1.45. The van der Waals surface area contributed by atoms with Gasteiger partial charge in [-0.05, 0) is 54.3 Å². The van der Waals surface area contributed by atoms with Gasteiger partial charge in [-0.2, -0.15) is 5.10 Å². The number of carbonyl (C=O) groups excluding carboxylic acids is 1. The second-order valence-corrected chi connectivity index (χ2v) is 7.48. The van der Waals surface area contributed by atoms with Crippen LogP contribution in [0.5, 0.6) is 0 Å². The van der Waals surface area contributed by atoms with E-state index in [1.807, 2.05) is 53.2 Å². The normalized spacial score (nSPS) is 17.6. The Morgan fingerprint density at radius 3 is 2.50 bits per heavy atom. The maximum atomic E-state index is 12.9. The number of carboxylic acid groups (broad SMARTS) is 1. The number of rotatable bonds is 4. The lowest BCUT2D eigenvalue weighted by atomic mass is 9.91. The van der Waals surface area contributed by atoms with Crippen LogP contribution < -0.4 is 5.32 Å². The smallest absolute Gasteiger partial charge is 0.334 e. The molecule has 4 aromatic rings. The van der Waals surface area contributed by atoms with Gasteiger partial charge in [0.05, 0.1) is 17.4 Å². The largest absolute Gasteiger partial charge is 0.479 e. The van der Waals surface area contributed by atoms with Crippen LogP contribution in [-0.4, -0.2) is 26.8 Å². The molecule has 1 amide bonds. The van der Waals surface area contributed by atoms with Gasteiger partial charge < -0.3 is 10.4 Å². The third-order valence-corrected chi connectivity index (χ3v) is 5.79. The minimum absolute atomic E-state index is 0.338. The number of aromatic nitrogens is 2. The zero-order valence-corrected chi connectivity index (χ0v) is 16.1. The van der Waals surface area contributed by atoms with E-state index in [0.29, 0.717) is 24.0 Å². The fourth-order valence-corrected chi connectivity index (χ4v) is 4.21. The highest BCUT2D eigenvalue weighted by Gasteiger charge is 2.46. The van der Waals surface area contributed by atoms with Crippen molar-refractivity contribution in [2.75, 3.05) is 0 Å². The molecule has 148 valence electrons. The number of aliphatic carboxylic acids is 1. The number of carboxylic acids is 1. The second-order valence-electron chi connectivity index (χ2n) is 7.48. The number of amides is 1. The molecule has 0 saturated heterocycles. The van der Waals surface area contributed by atoms with Crippen molar-refractivity contribution in [3.05, 3.63) is 95.7 Å². The van der Waals surface area contributed by atoms with Crippen molar-refractivity contribution < 1.29 is 14.7 Å². The summed E-state index contributed by atoms with van der Waals surface area (Å²) in [6, 6.07) is 22.3. The van der Waals surface area contributed by atoms with Gasteiger partial charge in [-0.3, -0.25) is 4.79 Å². The number of carbonyl (C=O) groups is 2. The van der Waals surface area contributed by atoms with Crippen molar-refractivity contribution in [3.63, 3.8) is 0 Å². The molecule has 5 rings (SSSR count). The van der Waals surface area contributed by atoms with Gasteiger partial charge in [0, 0.05) is 10.9 Å². The van der Waals surface area contributed by atoms with Crippen LogP contribution in [0.2, 0.25) is 0 Å². The van der Waals surface area contributed by atoms with Crippen LogP contribution in [0.4, 0.5) is 0 Å². The van der Waals surface area contributed by atoms with Gasteiger partial charge in [0.25, 0.3) is 5.91 Å². The van der Waals surface area contributed by atoms with E-state index in [1.54, 1.807) is 30.5 Å². The van der Waals surface area contributed by atoms with E-state index < -0.39 is 17.4 Å². The highest BCUT2D eigenvalue weighted by Crippen LogP contribution is 2.37. The van der Waals surface area contributed by atoms with Gasteiger partial charge in [0.2, 0.25) is 0 Å². The Bertz CT molecular complexity index is 1280. The van der Waals surface area contributed by atoms with Crippen molar-refractivity contribution in [2.45, 2.75) is 18.4 Å². The first kappa shape index (κ1) is 18.1. The lowest BCUT2D eigenvalue weighted by Crippen LogP contribution is -2.50. The average molecular weight is 397 g/mol. The van der Waals surface area contributed by atoms with Gasteiger partial charge in [0.15, 0.2) is 5.54 Å². The summed E-state index contributed by atoms with van der Waals surface area (Å²) < 4.78 is 1.81. The molecule has 0 spiro atoms. The predicted octanol–water partition coefficient (Wildman–Crippen LogP) is 3.68. The molecule has 1 atom stereocenters. The van der Waals surface area contributed by atoms with E-state index in [0.717, 1.165) is 22.2 Å². The van der Waals surface area contributed by atoms with E-state index in [-0.39, 0.29) is 0 Å². The van der Waals surface area contributed by atoms with Gasteiger partial charge in [-0.1, -0.05) is 42.5 Å². The first-order chi connectivity index (χ1) is 14.6. The van der Waals surface area contributed by atoms with Gasteiger partial charge in [0.1, 0.15) is 0 Å². The molecule has 0 saturated carbocycles. The molecular formula is C24H19N3O3. The van der Waals surface area contributed by atoms with Crippen LogP contribution in [0.3, 0.4) is 0 Å². The Hall–Kier alpha value is -3.93. The zero-order chi connectivity index (χ0) is 20.7. The molecule has 6 nitrogen and oxygen atoms in total. The Morgan fingerprint density at radius 2 is 1.70 bits per heavy atom. The highest BCUT2D eigenvalue weighted by molar-refractivity contribution is 5.98. The number of nitrogens with one attached hydrogen (secondary N) is 1. The molecule has 0 bridgehead atoms. The van der Waals surface area contributed by atoms with Crippen LogP contribution in [0, 0.1) is 0 Å². The number of nitrogens with zero attached hydrogens (tertiary/aromatic N) is 2. The Morgan fingerprint density at radius 1 is 0.967 bits per heavy atom. The van der Waals surface area contributed by atoms with Crippen LogP contribution >= 0.6 is 0 Å². The Labute approximate surface area is 172 Å². The number of hydrogen-bond acceptors (Lipinski definition) is 3. The number of hydrogen-bond donors (Lipinski definition) is 2. The summed E-state index contributed by atoms with van der Waals surface area (Å²) >= 11 is 0. The Kier molecular flexibility index (Phi) is 4.13. The lowest BCUT2D eigenvalue weighted by Gasteiger charge is -2.27. The maximum Gasteiger partial charge on any atom is 0.334 e. The SMILES string of the molecule is O=C(NC1(C(=O)O)CCc2ccccc21)c1ccc(-n2ncc3ccccc32)cc1. The standard InChI is InChI=1S/C24H19N3O3/c28-22(26-24(23(29)30)14-13-16-5-1-3-7-20(16)24)17-9-11-19(12-10-17)27-21-8-4-2-6-18(21)15-25-27/h1-12,15H,13-14H2,(H,26,28)(H,29,30). The molecule has 0 fully saturated rings. The molecule has 0 aliphatic heterocycles. The lowest BCUT2D eigenvalue weighted by molar-refractivity contribution is -0.144. The van der Waals surface area contributed by atoms with Crippen LogP contribution in [0.1, 0.15) is 27.9 Å². The van der Waals surface area contributed by atoms with Crippen LogP contribution in [-0.2, 0) is 16.8 Å². The molecule has 0 radical (unpaired) electrons. The molecule has 2 N–H and O–H groups in total. The van der Waals surface area contributed by atoms with Crippen molar-refractivity contribution >= 4 is 22.8 Å². The molecule has 1 aromatic heterocycles. The van der Waals surface area contributed by atoms with E-state index in [9.17, 15) is 14.7 Å². The highest BCUT2D eigenvalue weighted by atomic mass is 16.4. The fraction of sp³-hybridized carbons (Fsp3) is 0.125. The van der Waals surface area contributed by atoms with Crippen LogP contribution in [0.15, 0.2) is 79.0 Å². The summed E-state index contributed by atoms with van der Waals surface area (Å²) in [4.78, 5) is 25.1. The molecule has 1 heterocycles. The van der Waals surface area contributed by atoms with Crippen molar-refractivity contribution in [2.24, 2.45) is 0 Å². The summed E-state index contributed by atoms with van der Waals surface area (Å²) in [6.07, 6.45) is 2.75. The number of benzene rings is 3. The summed E-state index contributed by atoms with van der Waals surface area (Å²) in [7, 11) is 0. The van der Waals surface area contributed by atoms with Gasteiger partial charge in [-0.25, -0.2) is 9.48 Å². The van der Waals surface area contributed by atoms with Crippen LogP contribution in [0.25, 0.3) is 16.6 Å². The first-order valence-electron chi connectivity index (χ1n) is 9.76. The minimum atomic E-state index is -1.40. The van der Waals surface area contributed by atoms with Crippen molar-refractivity contribution in [1.29, 1.82) is 0 Å². The van der Waals surface area contributed by atoms with E-state index >= 15 is 0 Å². The third kappa shape index (κ3) is 2.76. The van der Waals surface area contributed by atoms with Gasteiger partial charge in [-0.15, -0.1) is 0 Å². The number of fused-ring (bicyclic) bond motifs is 2. The van der Waals surface area contributed by atoms with Gasteiger partial charge >= 0.3 is 5.97 Å². The average Bonchev–Trinajstić information content (AvgIpc) is 3.37. The van der Waals surface area contributed by atoms with E-state index in [2.05, 4.69) is 10.4 Å². The maximum absolute atomic E-state index is 12.9. The zero-order valence-electron chi connectivity index (χ0n) is 16.1. The molecule has 6 heteroatoms. The minimum Gasteiger partial charge on any atom is -0.479 e. The molecule has 30 heavy (non-hydrogen) atoms. The Balaban J connectivity index is 1.44. The number of para-hydroxylation sites is 1. The van der Waals surface area contributed by atoms with Crippen molar-refractivity contribution in [1.82, 2.24) is 15.1 Å². The topological polar surface area (TPSA) is 84.2 Å². The first-order valence-corrected chi connectivity index (χ1v) is 9.76. The third-order valence-electron chi connectivity index (χ3n) is 5.79. The quantitative estimate of drug-likeness (QED) is 0.550. The van der Waals surface area contributed by atoms with Crippen molar-refractivity contribution in [3.8, 4) is 5.69 Å². The molecule has 1 aliphatic rings.